The van der Waals surface area contributed by atoms with E-state index in [0.29, 0.717) is 5.56 Å². The summed E-state index contributed by atoms with van der Waals surface area (Å²) in [5, 5.41) is 8.93. The Bertz CT molecular complexity index is 852. The molecule has 0 atom stereocenters. The van der Waals surface area contributed by atoms with Crippen LogP contribution in [-0.2, 0) is 16.6 Å². The highest BCUT2D eigenvalue weighted by molar-refractivity contribution is 7.89. The number of sulfonamides is 1. The van der Waals surface area contributed by atoms with Gasteiger partial charge in [0.1, 0.15) is 0 Å². The summed E-state index contributed by atoms with van der Waals surface area (Å²) in [7, 11) is -3.59. The van der Waals surface area contributed by atoms with Crippen LogP contribution >= 0.6 is 0 Å². The van der Waals surface area contributed by atoms with Crippen molar-refractivity contribution in [3.63, 3.8) is 0 Å². The standard InChI is InChI=1S/C19H21N3O2S/c20-14-17-7-4-8-19(13-17)25(23,24)21-18-9-11-22(12-10-18)15-16-5-2-1-3-6-16/h1-8,13,18,21H,9-12,15H2. The summed E-state index contributed by atoms with van der Waals surface area (Å²) in [5.41, 5.74) is 1.62. The molecule has 1 saturated heterocycles. The van der Waals surface area contributed by atoms with Crippen molar-refractivity contribution in [2.75, 3.05) is 13.1 Å². The minimum absolute atomic E-state index is 0.0669. The summed E-state index contributed by atoms with van der Waals surface area (Å²) in [5.74, 6) is 0. The van der Waals surface area contributed by atoms with Crippen molar-refractivity contribution >= 4 is 10.0 Å². The third-order valence-electron chi connectivity index (χ3n) is 4.43. The zero-order valence-corrected chi connectivity index (χ0v) is 14.7. The maximum absolute atomic E-state index is 12.5. The van der Waals surface area contributed by atoms with Gasteiger partial charge in [0.2, 0.25) is 10.0 Å². The Hall–Kier alpha value is -2.20. The number of hydrogen-bond acceptors (Lipinski definition) is 4. The van der Waals surface area contributed by atoms with Gasteiger partial charge in [-0.05, 0) is 36.6 Å². The van der Waals surface area contributed by atoms with E-state index >= 15 is 0 Å². The fraction of sp³-hybridized carbons (Fsp3) is 0.316. The first-order valence-corrected chi connectivity index (χ1v) is 9.84. The van der Waals surface area contributed by atoms with Crippen LogP contribution in [0, 0.1) is 11.3 Å². The first-order chi connectivity index (χ1) is 12.1. The summed E-state index contributed by atoms with van der Waals surface area (Å²) in [4.78, 5) is 2.49. The average Bonchev–Trinajstić information content (AvgIpc) is 2.64. The van der Waals surface area contributed by atoms with Gasteiger partial charge in [0, 0.05) is 25.7 Å². The molecule has 130 valence electrons. The highest BCUT2D eigenvalue weighted by Gasteiger charge is 2.24. The Morgan fingerprint density at radius 2 is 1.80 bits per heavy atom. The normalized spacial score (nSPS) is 16.4. The fourth-order valence-electron chi connectivity index (χ4n) is 3.07. The van der Waals surface area contributed by atoms with Gasteiger partial charge in [0.15, 0.2) is 0 Å². The predicted molar refractivity (Wildman–Crippen MR) is 96.2 cm³/mol. The molecule has 1 heterocycles. The molecule has 0 bridgehead atoms. The monoisotopic (exact) mass is 355 g/mol. The van der Waals surface area contributed by atoms with Gasteiger partial charge >= 0.3 is 0 Å². The van der Waals surface area contributed by atoms with Crippen LogP contribution in [0.2, 0.25) is 0 Å². The second kappa shape index (κ2) is 7.79. The van der Waals surface area contributed by atoms with Crippen molar-refractivity contribution in [1.29, 1.82) is 5.26 Å². The maximum Gasteiger partial charge on any atom is 0.240 e. The van der Waals surface area contributed by atoms with Crippen LogP contribution in [0.4, 0.5) is 0 Å². The summed E-state index contributed by atoms with van der Waals surface area (Å²) in [6.45, 7) is 2.62. The highest BCUT2D eigenvalue weighted by Crippen LogP contribution is 2.17. The van der Waals surface area contributed by atoms with Gasteiger partial charge in [0.25, 0.3) is 0 Å². The zero-order chi connectivity index (χ0) is 17.7. The molecule has 0 saturated carbocycles. The summed E-state index contributed by atoms with van der Waals surface area (Å²) >= 11 is 0. The van der Waals surface area contributed by atoms with Crippen molar-refractivity contribution in [3.8, 4) is 6.07 Å². The molecular weight excluding hydrogens is 334 g/mol. The lowest BCUT2D eigenvalue weighted by atomic mass is 10.1. The molecule has 1 N–H and O–H groups in total. The van der Waals surface area contributed by atoms with Crippen molar-refractivity contribution < 1.29 is 8.42 Å². The van der Waals surface area contributed by atoms with Gasteiger partial charge < -0.3 is 0 Å². The Morgan fingerprint density at radius 1 is 1.08 bits per heavy atom. The summed E-state index contributed by atoms with van der Waals surface area (Å²) in [6, 6.07) is 18.3. The van der Waals surface area contributed by atoms with E-state index in [1.54, 1.807) is 12.1 Å². The molecule has 6 heteroatoms. The Balaban J connectivity index is 1.57. The largest absolute Gasteiger partial charge is 0.299 e. The molecule has 0 spiro atoms. The van der Waals surface area contributed by atoms with Crippen LogP contribution in [0.5, 0.6) is 0 Å². The molecule has 0 unspecified atom stereocenters. The van der Waals surface area contributed by atoms with E-state index in [4.69, 9.17) is 5.26 Å². The molecule has 1 aliphatic rings. The molecule has 0 aromatic heterocycles. The third kappa shape index (κ3) is 4.67. The fourth-order valence-corrected chi connectivity index (χ4v) is 4.42. The molecule has 2 aromatic carbocycles. The van der Waals surface area contributed by atoms with Crippen molar-refractivity contribution in [2.45, 2.75) is 30.3 Å². The number of piperidine rings is 1. The average molecular weight is 355 g/mol. The van der Waals surface area contributed by atoms with Crippen LogP contribution in [0.25, 0.3) is 0 Å². The number of nitrogens with one attached hydrogen (secondary N) is 1. The highest BCUT2D eigenvalue weighted by atomic mass is 32.2. The minimum Gasteiger partial charge on any atom is -0.299 e. The van der Waals surface area contributed by atoms with Crippen LogP contribution in [0.3, 0.4) is 0 Å². The topological polar surface area (TPSA) is 73.2 Å². The second-order valence-corrected chi connectivity index (χ2v) is 8.01. The van der Waals surface area contributed by atoms with Crippen LogP contribution < -0.4 is 4.72 Å². The molecular formula is C19H21N3O2S. The third-order valence-corrected chi connectivity index (χ3v) is 5.95. The van der Waals surface area contributed by atoms with E-state index in [1.165, 1.54) is 17.7 Å². The van der Waals surface area contributed by atoms with Crippen LogP contribution in [0.15, 0.2) is 59.5 Å². The van der Waals surface area contributed by atoms with E-state index < -0.39 is 10.0 Å². The maximum atomic E-state index is 12.5. The van der Waals surface area contributed by atoms with E-state index in [0.717, 1.165) is 32.5 Å². The molecule has 5 nitrogen and oxygen atoms in total. The first kappa shape index (κ1) is 17.6. The van der Waals surface area contributed by atoms with Gasteiger partial charge in [-0.3, -0.25) is 4.90 Å². The van der Waals surface area contributed by atoms with E-state index in [1.807, 2.05) is 24.3 Å². The number of likely N-dealkylation sites (tertiary alicyclic amines) is 1. The number of rotatable bonds is 5. The second-order valence-electron chi connectivity index (χ2n) is 6.30. The number of nitrogens with zero attached hydrogens (tertiary/aromatic N) is 2. The lowest BCUT2D eigenvalue weighted by molar-refractivity contribution is 0.200. The molecule has 0 radical (unpaired) electrons. The van der Waals surface area contributed by atoms with E-state index in [2.05, 4.69) is 21.8 Å². The molecule has 3 rings (SSSR count). The molecule has 2 aromatic rings. The SMILES string of the molecule is N#Cc1cccc(S(=O)(=O)NC2CCN(Cc3ccccc3)CC2)c1. The molecule has 0 amide bonds. The number of benzene rings is 2. The van der Waals surface area contributed by atoms with Crippen LogP contribution in [-0.4, -0.2) is 32.4 Å². The molecule has 1 fully saturated rings. The van der Waals surface area contributed by atoms with E-state index in [-0.39, 0.29) is 10.9 Å². The predicted octanol–water partition coefficient (Wildman–Crippen LogP) is 2.50. The molecule has 25 heavy (non-hydrogen) atoms. The quantitative estimate of drug-likeness (QED) is 0.894. The van der Waals surface area contributed by atoms with Gasteiger partial charge in [0.05, 0.1) is 16.5 Å². The molecule has 1 aliphatic heterocycles. The summed E-state index contributed by atoms with van der Waals surface area (Å²) in [6.07, 6.45) is 1.56. The minimum atomic E-state index is -3.59. The van der Waals surface area contributed by atoms with Gasteiger partial charge in [-0.1, -0.05) is 36.4 Å². The first-order valence-electron chi connectivity index (χ1n) is 8.35. The van der Waals surface area contributed by atoms with Crippen molar-refractivity contribution in [1.82, 2.24) is 9.62 Å². The Labute approximate surface area is 149 Å². The smallest absolute Gasteiger partial charge is 0.240 e. The lowest BCUT2D eigenvalue weighted by Gasteiger charge is -2.32. The summed E-state index contributed by atoms with van der Waals surface area (Å²) < 4.78 is 27.8. The number of hydrogen-bond donors (Lipinski definition) is 1. The van der Waals surface area contributed by atoms with Gasteiger partial charge in [-0.25, -0.2) is 13.1 Å². The van der Waals surface area contributed by atoms with Crippen molar-refractivity contribution in [3.05, 3.63) is 65.7 Å². The lowest BCUT2D eigenvalue weighted by Crippen LogP contribution is -2.44. The molecule has 0 aliphatic carbocycles. The van der Waals surface area contributed by atoms with E-state index in [9.17, 15) is 8.42 Å². The van der Waals surface area contributed by atoms with Gasteiger partial charge in [-0.15, -0.1) is 0 Å². The van der Waals surface area contributed by atoms with Gasteiger partial charge in [-0.2, -0.15) is 5.26 Å². The van der Waals surface area contributed by atoms with Crippen LogP contribution in [0.1, 0.15) is 24.0 Å². The Morgan fingerprint density at radius 3 is 2.48 bits per heavy atom. The van der Waals surface area contributed by atoms with Crippen molar-refractivity contribution in [2.24, 2.45) is 0 Å². The number of nitriles is 1. The zero-order valence-electron chi connectivity index (χ0n) is 13.9. The Kier molecular flexibility index (Phi) is 5.49.